The van der Waals surface area contributed by atoms with E-state index in [9.17, 15) is 8.42 Å². The Balaban J connectivity index is 2.01. The van der Waals surface area contributed by atoms with Crippen LogP contribution in [0, 0.1) is 34.6 Å². The number of thiophene rings is 1. The molecule has 1 heterocycles. The normalized spacial score (nSPS) is 15.1. The van der Waals surface area contributed by atoms with E-state index in [1.807, 2.05) is 39.1 Å². The van der Waals surface area contributed by atoms with Gasteiger partial charge in [-0.15, -0.1) is 11.3 Å². The van der Waals surface area contributed by atoms with Crippen LogP contribution in [0.25, 0.3) is 0 Å². The molecular weight excluding hydrogens is 350 g/mol. The summed E-state index contributed by atoms with van der Waals surface area (Å²) in [6.07, 6.45) is 2.74. The van der Waals surface area contributed by atoms with E-state index in [1.165, 1.54) is 10.4 Å². The molecule has 136 valence electrons. The molecule has 25 heavy (non-hydrogen) atoms. The molecule has 3 nitrogen and oxygen atoms in total. The number of hydrogen-bond donors (Lipinski definition) is 0. The van der Waals surface area contributed by atoms with Crippen LogP contribution in [0.15, 0.2) is 22.4 Å². The van der Waals surface area contributed by atoms with E-state index in [0.29, 0.717) is 11.4 Å². The van der Waals surface area contributed by atoms with Gasteiger partial charge in [-0.2, -0.15) is 4.31 Å². The van der Waals surface area contributed by atoms with Crippen LogP contribution in [0.2, 0.25) is 0 Å². The summed E-state index contributed by atoms with van der Waals surface area (Å²) >= 11 is 1.70. The molecule has 1 aromatic carbocycles. The third-order valence-electron chi connectivity index (χ3n) is 5.61. The minimum absolute atomic E-state index is 0.172. The topological polar surface area (TPSA) is 37.4 Å². The molecule has 0 N–H and O–H groups in total. The Kier molecular flexibility index (Phi) is 5.11. The minimum Gasteiger partial charge on any atom is -0.207 e. The lowest BCUT2D eigenvalue weighted by molar-refractivity contribution is 0.407. The zero-order valence-electron chi connectivity index (χ0n) is 15.7. The lowest BCUT2D eigenvalue weighted by atomic mass is 9.95. The summed E-state index contributed by atoms with van der Waals surface area (Å²) in [5.41, 5.74) is 5.20. The SMILES string of the molecule is Cc1c(C)c(C)c(S(=O)(=O)N(CCc2cccs2)C2CC2)c(C)c1C. The molecule has 0 amide bonds. The number of nitrogens with zero attached hydrogens (tertiary/aromatic N) is 1. The number of hydrogen-bond acceptors (Lipinski definition) is 3. The van der Waals surface area contributed by atoms with Crippen molar-refractivity contribution < 1.29 is 8.42 Å². The molecule has 0 bridgehead atoms. The van der Waals surface area contributed by atoms with Gasteiger partial charge in [-0.1, -0.05) is 6.07 Å². The summed E-state index contributed by atoms with van der Waals surface area (Å²) in [5, 5.41) is 2.05. The van der Waals surface area contributed by atoms with Crippen molar-refractivity contribution in [1.82, 2.24) is 4.31 Å². The number of benzene rings is 1. The second-order valence-corrected chi connectivity index (χ2v) is 9.99. The zero-order chi connectivity index (χ0) is 18.4. The lowest BCUT2D eigenvalue weighted by Crippen LogP contribution is -2.36. The summed E-state index contributed by atoms with van der Waals surface area (Å²) in [7, 11) is -3.48. The van der Waals surface area contributed by atoms with Crippen LogP contribution in [0.4, 0.5) is 0 Å². The van der Waals surface area contributed by atoms with Gasteiger partial charge in [0.25, 0.3) is 0 Å². The van der Waals surface area contributed by atoms with Crippen molar-refractivity contribution in [1.29, 1.82) is 0 Å². The average molecular weight is 378 g/mol. The molecule has 1 aliphatic rings. The van der Waals surface area contributed by atoms with Crippen LogP contribution in [-0.2, 0) is 16.4 Å². The largest absolute Gasteiger partial charge is 0.243 e. The summed E-state index contributed by atoms with van der Waals surface area (Å²) in [6, 6.07) is 4.28. The Labute approximate surface area is 155 Å². The highest BCUT2D eigenvalue weighted by Crippen LogP contribution is 2.37. The van der Waals surface area contributed by atoms with Crippen molar-refractivity contribution >= 4 is 21.4 Å². The third kappa shape index (κ3) is 3.42. The van der Waals surface area contributed by atoms with Crippen LogP contribution in [0.3, 0.4) is 0 Å². The van der Waals surface area contributed by atoms with Crippen molar-refractivity contribution in [2.75, 3.05) is 6.54 Å². The summed E-state index contributed by atoms with van der Waals surface area (Å²) in [4.78, 5) is 1.77. The molecule has 0 unspecified atom stereocenters. The van der Waals surface area contributed by atoms with Gasteiger partial charge in [-0.25, -0.2) is 8.42 Å². The Hall–Kier alpha value is -1.17. The van der Waals surface area contributed by atoms with Crippen LogP contribution < -0.4 is 0 Å². The predicted molar refractivity (Wildman–Crippen MR) is 105 cm³/mol. The molecule has 1 saturated carbocycles. The Morgan fingerprint density at radius 1 is 1.00 bits per heavy atom. The van der Waals surface area contributed by atoms with E-state index >= 15 is 0 Å². The van der Waals surface area contributed by atoms with Gasteiger partial charge in [-0.3, -0.25) is 0 Å². The monoisotopic (exact) mass is 377 g/mol. The first kappa shape index (κ1) is 18.6. The van der Waals surface area contributed by atoms with Crippen LogP contribution >= 0.6 is 11.3 Å². The fraction of sp³-hybridized carbons (Fsp3) is 0.500. The summed E-state index contributed by atoms with van der Waals surface area (Å²) in [6.45, 7) is 10.6. The van der Waals surface area contributed by atoms with Gasteiger partial charge in [0, 0.05) is 17.5 Å². The smallest absolute Gasteiger partial charge is 0.207 e. The van der Waals surface area contributed by atoms with Crippen LogP contribution in [0.1, 0.15) is 45.5 Å². The van der Waals surface area contributed by atoms with E-state index in [4.69, 9.17) is 0 Å². The molecule has 5 heteroatoms. The second-order valence-electron chi connectivity index (χ2n) is 7.13. The Morgan fingerprint density at radius 2 is 1.56 bits per heavy atom. The van der Waals surface area contributed by atoms with Gasteiger partial charge in [0.2, 0.25) is 10.0 Å². The second kappa shape index (κ2) is 6.86. The van der Waals surface area contributed by atoms with E-state index in [1.54, 1.807) is 15.6 Å². The van der Waals surface area contributed by atoms with E-state index in [2.05, 4.69) is 13.0 Å². The summed E-state index contributed by atoms with van der Waals surface area (Å²) in [5.74, 6) is 0. The number of rotatable bonds is 6. The molecule has 0 atom stereocenters. The molecule has 1 fully saturated rings. The van der Waals surface area contributed by atoms with Crippen molar-refractivity contribution in [3.8, 4) is 0 Å². The molecule has 2 aromatic rings. The predicted octanol–water partition coefficient (Wildman–Crippen LogP) is 4.69. The highest BCUT2D eigenvalue weighted by Gasteiger charge is 2.39. The minimum atomic E-state index is -3.48. The maximum absolute atomic E-state index is 13.6. The molecule has 0 saturated heterocycles. The van der Waals surface area contributed by atoms with Gasteiger partial charge >= 0.3 is 0 Å². The molecular formula is C20H27NO2S2. The van der Waals surface area contributed by atoms with Crippen molar-refractivity contribution in [2.45, 2.75) is 64.8 Å². The third-order valence-corrected chi connectivity index (χ3v) is 8.77. The molecule has 3 rings (SSSR count). The average Bonchev–Trinajstić information content (AvgIpc) is 3.25. The van der Waals surface area contributed by atoms with E-state index in [-0.39, 0.29) is 6.04 Å². The highest BCUT2D eigenvalue weighted by atomic mass is 32.2. The van der Waals surface area contributed by atoms with Crippen molar-refractivity contribution in [3.63, 3.8) is 0 Å². The Bertz CT molecular complexity index is 850. The standard InChI is InChI=1S/C20H27NO2S2/c1-13-14(2)16(4)20(17(5)15(13)3)25(22,23)21(18-8-9-18)11-10-19-7-6-12-24-19/h6-7,12,18H,8-11H2,1-5H3. The first-order valence-corrected chi connectivity index (χ1v) is 11.2. The lowest BCUT2D eigenvalue weighted by Gasteiger charge is -2.26. The quantitative estimate of drug-likeness (QED) is 0.732. The van der Waals surface area contributed by atoms with Gasteiger partial charge < -0.3 is 0 Å². The van der Waals surface area contributed by atoms with E-state index < -0.39 is 10.0 Å². The van der Waals surface area contributed by atoms with Crippen LogP contribution in [0.5, 0.6) is 0 Å². The molecule has 0 aliphatic heterocycles. The first-order valence-electron chi connectivity index (χ1n) is 8.86. The Morgan fingerprint density at radius 3 is 2.04 bits per heavy atom. The highest BCUT2D eigenvalue weighted by molar-refractivity contribution is 7.89. The van der Waals surface area contributed by atoms with Gasteiger partial charge in [0.15, 0.2) is 0 Å². The maximum atomic E-state index is 13.6. The maximum Gasteiger partial charge on any atom is 0.243 e. The molecule has 1 aromatic heterocycles. The molecule has 0 radical (unpaired) electrons. The van der Waals surface area contributed by atoms with Crippen molar-refractivity contribution in [2.24, 2.45) is 0 Å². The van der Waals surface area contributed by atoms with Gasteiger partial charge in [-0.05, 0) is 93.1 Å². The van der Waals surface area contributed by atoms with Crippen molar-refractivity contribution in [3.05, 3.63) is 50.2 Å². The van der Waals surface area contributed by atoms with E-state index in [0.717, 1.165) is 41.5 Å². The fourth-order valence-electron chi connectivity index (χ4n) is 3.51. The molecule has 0 spiro atoms. The molecule has 1 aliphatic carbocycles. The van der Waals surface area contributed by atoms with Gasteiger partial charge in [0.1, 0.15) is 0 Å². The van der Waals surface area contributed by atoms with Gasteiger partial charge in [0.05, 0.1) is 4.90 Å². The first-order chi connectivity index (χ1) is 11.7. The zero-order valence-corrected chi connectivity index (χ0v) is 17.4. The van der Waals surface area contributed by atoms with Crippen LogP contribution in [-0.4, -0.2) is 25.3 Å². The number of sulfonamides is 1. The summed E-state index contributed by atoms with van der Waals surface area (Å²) < 4.78 is 28.9. The fourth-order valence-corrected chi connectivity index (χ4v) is 6.45.